The molecule has 0 aromatic heterocycles. The van der Waals surface area contributed by atoms with Gasteiger partial charge >= 0.3 is 0 Å². The maximum Gasteiger partial charge on any atom is 0.240 e. The minimum absolute atomic E-state index is 0.0369. The second-order valence-corrected chi connectivity index (χ2v) is 7.71. The Morgan fingerprint density at radius 2 is 1.95 bits per heavy atom. The van der Waals surface area contributed by atoms with Crippen LogP contribution < -0.4 is 10.0 Å². The smallest absolute Gasteiger partial charge is 0.240 e. The molecule has 21 heavy (non-hydrogen) atoms. The third-order valence-electron chi connectivity index (χ3n) is 3.80. The van der Waals surface area contributed by atoms with Gasteiger partial charge in [0.15, 0.2) is 0 Å². The van der Waals surface area contributed by atoms with Crippen LogP contribution in [0.4, 0.5) is 0 Å². The lowest BCUT2D eigenvalue weighted by Gasteiger charge is -2.30. The Morgan fingerprint density at radius 3 is 2.52 bits per heavy atom. The SMILES string of the molecule is CC1NCCCC1NS(=O)(=O)c1ccc(CN(C)C)cc1. The van der Waals surface area contributed by atoms with Crippen LogP contribution in [0.5, 0.6) is 0 Å². The first-order valence-electron chi connectivity index (χ1n) is 7.38. The summed E-state index contributed by atoms with van der Waals surface area (Å²) in [4.78, 5) is 2.39. The molecule has 6 heteroatoms. The van der Waals surface area contributed by atoms with Gasteiger partial charge in [-0.1, -0.05) is 12.1 Å². The first-order valence-corrected chi connectivity index (χ1v) is 8.86. The van der Waals surface area contributed by atoms with Gasteiger partial charge < -0.3 is 10.2 Å². The highest BCUT2D eigenvalue weighted by molar-refractivity contribution is 7.89. The Hall–Kier alpha value is -0.950. The second-order valence-electron chi connectivity index (χ2n) is 5.99. The van der Waals surface area contributed by atoms with Crippen molar-refractivity contribution >= 4 is 10.0 Å². The number of hydrogen-bond donors (Lipinski definition) is 2. The molecule has 2 N–H and O–H groups in total. The third-order valence-corrected chi connectivity index (χ3v) is 5.31. The molecule has 1 aromatic rings. The van der Waals surface area contributed by atoms with Gasteiger partial charge in [-0.25, -0.2) is 13.1 Å². The van der Waals surface area contributed by atoms with Crippen molar-refractivity contribution in [2.24, 2.45) is 0 Å². The van der Waals surface area contributed by atoms with Gasteiger partial charge in [0.2, 0.25) is 10.0 Å². The van der Waals surface area contributed by atoms with E-state index in [0.29, 0.717) is 4.90 Å². The number of nitrogens with zero attached hydrogens (tertiary/aromatic N) is 1. The number of benzene rings is 1. The van der Waals surface area contributed by atoms with E-state index in [2.05, 4.69) is 14.9 Å². The summed E-state index contributed by atoms with van der Waals surface area (Å²) in [5.74, 6) is 0. The van der Waals surface area contributed by atoms with Gasteiger partial charge in [-0.15, -0.1) is 0 Å². The van der Waals surface area contributed by atoms with Gasteiger partial charge in [0, 0.05) is 18.6 Å². The van der Waals surface area contributed by atoms with Crippen LogP contribution in [0.2, 0.25) is 0 Å². The number of hydrogen-bond acceptors (Lipinski definition) is 4. The van der Waals surface area contributed by atoms with Gasteiger partial charge in [-0.3, -0.25) is 0 Å². The molecule has 2 unspecified atom stereocenters. The summed E-state index contributed by atoms with van der Waals surface area (Å²) >= 11 is 0. The van der Waals surface area contributed by atoms with Crippen LogP contribution in [0.1, 0.15) is 25.3 Å². The van der Waals surface area contributed by atoms with E-state index in [9.17, 15) is 8.42 Å². The zero-order valence-electron chi connectivity index (χ0n) is 13.0. The van der Waals surface area contributed by atoms with E-state index in [1.807, 2.05) is 33.2 Å². The molecule has 1 fully saturated rings. The largest absolute Gasteiger partial charge is 0.313 e. The topological polar surface area (TPSA) is 61.4 Å². The first kappa shape index (κ1) is 16.4. The van der Waals surface area contributed by atoms with E-state index in [-0.39, 0.29) is 12.1 Å². The molecule has 1 aromatic carbocycles. The van der Waals surface area contributed by atoms with Crippen molar-refractivity contribution in [3.8, 4) is 0 Å². The number of sulfonamides is 1. The van der Waals surface area contributed by atoms with Crippen LogP contribution in [0.25, 0.3) is 0 Å². The first-order chi connectivity index (χ1) is 9.88. The zero-order chi connectivity index (χ0) is 15.5. The normalized spacial score (nSPS) is 23.4. The predicted octanol–water partition coefficient (Wildman–Crippen LogP) is 1.17. The van der Waals surface area contributed by atoms with Gasteiger partial charge in [-0.05, 0) is 58.1 Å². The molecule has 118 valence electrons. The van der Waals surface area contributed by atoms with Crippen molar-refractivity contribution in [3.63, 3.8) is 0 Å². The van der Waals surface area contributed by atoms with Crippen LogP contribution >= 0.6 is 0 Å². The molecule has 2 atom stereocenters. The lowest BCUT2D eigenvalue weighted by molar-refractivity contribution is 0.349. The molecule has 0 bridgehead atoms. The molecule has 1 saturated heterocycles. The van der Waals surface area contributed by atoms with Gasteiger partial charge in [-0.2, -0.15) is 0 Å². The molecule has 1 aliphatic heterocycles. The molecular weight excluding hydrogens is 286 g/mol. The van der Waals surface area contributed by atoms with Crippen LogP contribution in [-0.2, 0) is 16.6 Å². The van der Waals surface area contributed by atoms with Crippen molar-refractivity contribution in [2.75, 3.05) is 20.6 Å². The summed E-state index contributed by atoms with van der Waals surface area (Å²) in [6, 6.07) is 7.24. The second kappa shape index (κ2) is 6.87. The number of nitrogens with one attached hydrogen (secondary N) is 2. The van der Waals surface area contributed by atoms with Crippen LogP contribution in [0, 0.1) is 0 Å². The highest BCUT2D eigenvalue weighted by Gasteiger charge is 2.26. The minimum Gasteiger partial charge on any atom is -0.313 e. The van der Waals surface area contributed by atoms with E-state index in [0.717, 1.165) is 31.5 Å². The van der Waals surface area contributed by atoms with E-state index >= 15 is 0 Å². The fourth-order valence-corrected chi connectivity index (χ4v) is 3.96. The lowest BCUT2D eigenvalue weighted by Crippen LogP contribution is -2.51. The standard InChI is InChI=1S/C15H25N3O2S/c1-12-15(5-4-10-16-12)17-21(19,20)14-8-6-13(7-9-14)11-18(2)3/h6-9,12,15-17H,4-5,10-11H2,1-3H3. The van der Waals surface area contributed by atoms with Gasteiger partial charge in [0.05, 0.1) is 4.90 Å². The quantitative estimate of drug-likeness (QED) is 0.857. The Morgan fingerprint density at radius 1 is 1.29 bits per heavy atom. The summed E-state index contributed by atoms with van der Waals surface area (Å²) in [5.41, 5.74) is 1.10. The molecule has 1 aliphatic rings. The van der Waals surface area contributed by atoms with Crippen molar-refractivity contribution in [3.05, 3.63) is 29.8 Å². The van der Waals surface area contributed by atoms with Crippen molar-refractivity contribution in [1.29, 1.82) is 0 Å². The average Bonchev–Trinajstić information content (AvgIpc) is 2.41. The number of rotatable bonds is 5. The predicted molar refractivity (Wildman–Crippen MR) is 84.6 cm³/mol. The molecule has 0 amide bonds. The highest BCUT2D eigenvalue weighted by atomic mass is 32.2. The van der Waals surface area contributed by atoms with E-state index in [4.69, 9.17) is 0 Å². The summed E-state index contributed by atoms with van der Waals surface area (Å²) in [6.07, 6.45) is 1.88. The molecule has 0 radical (unpaired) electrons. The van der Waals surface area contributed by atoms with Gasteiger partial charge in [0.25, 0.3) is 0 Å². The fraction of sp³-hybridized carbons (Fsp3) is 0.600. The van der Waals surface area contributed by atoms with Crippen LogP contribution in [-0.4, -0.2) is 46.0 Å². The lowest BCUT2D eigenvalue weighted by atomic mass is 10.0. The van der Waals surface area contributed by atoms with Gasteiger partial charge in [0.1, 0.15) is 0 Å². The van der Waals surface area contributed by atoms with Crippen molar-refractivity contribution in [2.45, 2.75) is 43.3 Å². The summed E-state index contributed by atoms with van der Waals surface area (Å²) in [5, 5.41) is 3.30. The molecule has 1 heterocycles. The van der Waals surface area contributed by atoms with Crippen LogP contribution in [0.3, 0.4) is 0 Å². The maximum absolute atomic E-state index is 12.4. The van der Waals surface area contributed by atoms with E-state index < -0.39 is 10.0 Å². The molecule has 2 rings (SSSR count). The molecular formula is C15H25N3O2S. The fourth-order valence-electron chi connectivity index (χ4n) is 2.61. The zero-order valence-corrected chi connectivity index (χ0v) is 13.8. The van der Waals surface area contributed by atoms with E-state index in [1.165, 1.54) is 0 Å². The average molecular weight is 311 g/mol. The Labute approximate surface area is 127 Å². The molecule has 5 nitrogen and oxygen atoms in total. The molecule has 0 saturated carbocycles. The number of piperidine rings is 1. The Bertz CT molecular complexity index is 555. The monoisotopic (exact) mass is 311 g/mol. The Balaban J connectivity index is 2.08. The van der Waals surface area contributed by atoms with Crippen molar-refractivity contribution < 1.29 is 8.42 Å². The highest BCUT2D eigenvalue weighted by Crippen LogP contribution is 2.15. The summed E-state index contributed by atoms with van der Waals surface area (Å²) in [6.45, 7) is 3.78. The van der Waals surface area contributed by atoms with Crippen molar-refractivity contribution in [1.82, 2.24) is 14.9 Å². The van der Waals surface area contributed by atoms with Crippen LogP contribution in [0.15, 0.2) is 29.2 Å². The maximum atomic E-state index is 12.4. The molecule has 0 aliphatic carbocycles. The third kappa shape index (κ3) is 4.51. The Kier molecular flexibility index (Phi) is 5.37. The summed E-state index contributed by atoms with van der Waals surface area (Å²) in [7, 11) is 0.538. The molecule has 0 spiro atoms. The van der Waals surface area contributed by atoms with E-state index in [1.54, 1.807) is 12.1 Å². The minimum atomic E-state index is -3.44. The summed E-state index contributed by atoms with van der Waals surface area (Å²) < 4.78 is 27.7.